The fourth-order valence-corrected chi connectivity index (χ4v) is 2.04. The van der Waals surface area contributed by atoms with Crippen LogP contribution < -0.4 is 4.90 Å². The highest BCUT2D eigenvalue weighted by molar-refractivity contribution is 6.35. The maximum Gasteiger partial charge on any atom is 0.348 e. The van der Waals surface area contributed by atoms with Gasteiger partial charge in [0, 0.05) is 22.8 Å². The average molecular weight is 261 g/mol. The first-order chi connectivity index (χ1) is 7.58. The fraction of sp³-hybridized carbons (Fsp3) is 0.300. The number of hydrogen-bond acceptors (Lipinski definition) is 2. The number of anilines is 1. The van der Waals surface area contributed by atoms with Gasteiger partial charge in [-0.1, -0.05) is 23.2 Å². The summed E-state index contributed by atoms with van der Waals surface area (Å²) in [5.41, 5.74) is 0.678. The summed E-state index contributed by atoms with van der Waals surface area (Å²) in [7, 11) is 1.57. The van der Waals surface area contributed by atoms with E-state index in [2.05, 4.69) is 0 Å². The zero-order chi connectivity index (χ0) is 11.7. The molecule has 4 nitrogen and oxygen atoms in total. The third kappa shape index (κ3) is 2.24. The van der Waals surface area contributed by atoms with Crippen molar-refractivity contribution in [1.29, 1.82) is 0 Å². The van der Waals surface area contributed by atoms with Gasteiger partial charge < -0.3 is 0 Å². The fourth-order valence-electron chi connectivity index (χ4n) is 1.52. The monoisotopic (exact) mass is 260 g/mol. The van der Waals surface area contributed by atoms with E-state index in [1.54, 1.807) is 30.1 Å². The molecule has 1 fully saturated rings. The lowest BCUT2D eigenvalue weighted by molar-refractivity contribution is -0.105. The normalized spacial score (nSPS) is 16.8. The van der Waals surface area contributed by atoms with Gasteiger partial charge in [-0.15, -0.1) is 0 Å². The molecule has 0 spiro atoms. The number of benzene rings is 1. The van der Waals surface area contributed by atoms with E-state index in [0.29, 0.717) is 28.9 Å². The highest BCUT2D eigenvalue weighted by Crippen LogP contribution is 2.26. The van der Waals surface area contributed by atoms with Crippen LogP contribution in [0.15, 0.2) is 18.2 Å². The predicted molar refractivity (Wildman–Crippen MR) is 62.9 cm³/mol. The molecule has 0 aliphatic carbocycles. The number of carbonyl (C=O) groups is 1. The quantitative estimate of drug-likeness (QED) is 0.778. The average Bonchev–Trinajstić information content (AvgIpc) is 2.20. The van der Waals surface area contributed by atoms with Gasteiger partial charge in [0.05, 0.1) is 13.2 Å². The van der Waals surface area contributed by atoms with Crippen molar-refractivity contribution in [3.63, 3.8) is 0 Å². The molecule has 1 heterocycles. The molecule has 2 rings (SSSR count). The predicted octanol–water partition coefficient (Wildman–Crippen LogP) is 2.80. The van der Waals surface area contributed by atoms with Crippen LogP contribution in [0.3, 0.4) is 0 Å². The second-order valence-electron chi connectivity index (χ2n) is 3.39. The molecule has 1 aliphatic heterocycles. The zero-order valence-corrected chi connectivity index (χ0v) is 10.1. The first-order valence-corrected chi connectivity index (χ1v) is 5.48. The summed E-state index contributed by atoms with van der Waals surface area (Å²) in [6.45, 7) is 0.937. The zero-order valence-electron chi connectivity index (χ0n) is 8.61. The maximum atomic E-state index is 11.8. The molecule has 2 amide bonds. The second kappa shape index (κ2) is 4.49. The molecule has 6 heteroatoms. The van der Waals surface area contributed by atoms with Crippen molar-refractivity contribution in [2.45, 2.75) is 0 Å². The molecule has 0 radical (unpaired) electrons. The minimum atomic E-state index is -0.232. The third-order valence-corrected chi connectivity index (χ3v) is 2.70. The van der Waals surface area contributed by atoms with Gasteiger partial charge in [0.2, 0.25) is 0 Å². The van der Waals surface area contributed by atoms with Gasteiger partial charge in [-0.2, -0.15) is 0 Å². The first kappa shape index (κ1) is 11.5. The first-order valence-electron chi connectivity index (χ1n) is 4.72. The van der Waals surface area contributed by atoms with Crippen LogP contribution in [0.4, 0.5) is 10.5 Å². The molecule has 0 unspecified atom stereocenters. The van der Waals surface area contributed by atoms with E-state index in [0.717, 1.165) is 0 Å². The smallest absolute Gasteiger partial charge is 0.290 e. The van der Waals surface area contributed by atoms with Crippen LogP contribution in [0.25, 0.3) is 0 Å². The molecule has 1 aliphatic rings. The van der Waals surface area contributed by atoms with Crippen molar-refractivity contribution in [1.82, 2.24) is 5.06 Å². The Balaban J connectivity index is 2.32. The molecule has 0 N–H and O–H groups in total. The van der Waals surface area contributed by atoms with Crippen LogP contribution in [0.1, 0.15) is 0 Å². The Kier molecular flexibility index (Phi) is 3.23. The summed E-state index contributed by atoms with van der Waals surface area (Å²) < 4.78 is 0. The Morgan fingerprint density at radius 3 is 2.50 bits per heavy atom. The van der Waals surface area contributed by atoms with Crippen LogP contribution >= 0.6 is 23.2 Å². The van der Waals surface area contributed by atoms with E-state index < -0.39 is 0 Å². The van der Waals surface area contributed by atoms with Gasteiger partial charge in [0.25, 0.3) is 0 Å². The number of carbonyl (C=O) groups excluding carboxylic acids is 1. The topological polar surface area (TPSA) is 32.8 Å². The number of amides is 2. The Morgan fingerprint density at radius 2 is 1.88 bits per heavy atom. The van der Waals surface area contributed by atoms with Gasteiger partial charge in [-0.05, 0) is 18.2 Å². The Morgan fingerprint density at radius 1 is 1.25 bits per heavy atom. The highest BCUT2D eigenvalue weighted by atomic mass is 35.5. The molecular weight excluding hydrogens is 251 g/mol. The lowest BCUT2D eigenvalue weighted by Crippen LogP contribution is -2.48. The number of halogens is 2. The summed E-state index contributed by atoms with van der Waals surface area (Å²) in [6, 6.07) is 4.79. The van der Waals surface area contributed by atoms with Gasteiger partial charge in [0.15, 0.2) is 0 Å². The SMILES string of the molecule is CN1OCCN(c2cc(Cl)cc(Cl)c2)C1=O. The summed E-state index contributed by atoms with van der Waals surface area (Å²) in [4.78, 5) is 18.4. The highest BCUT2D eigenvalue weighted by Gasteiger charge is 2.25. The number of rotatable bonds is 1. The van der Waals surface area contributed by atoms with Gasteiger partial charge >= 0.3 is 6.03 Å². The largest absolute Gasteiger partial charge is 0.348 e. The molecule has 16 heavy (non-hydrogen) atoms. The minimum Gasteiger partial charge on any atom is -0.290 e. The lowest BCUT2D eigenvalue weighted by atomic mass is 10.3. The van der Waals surface area contributed by atoms with E-state index in [-0.39, 0.29) is 6.03 Å². The number of hydrogen-bond donors (Lipinski definition) is 0. The van der Waals surface area contributed by atoms with E-state index >= 15 is 0 Å². The van der Waals surface area contributed by atoms with E-state index in [9.17, 15) is 4.79 Å². The summed E-state index contributed by atoms with van der Waals surface area (Å²) in [5, 5.41) is 2.20. The Labute approximate surface area is 103 Å². The maximum absolute atomic E-state index is 11.8. The van der Waals surface area contributed by atoms with Gasteiger partial charge in [0.1, 0.15) is 0 Å². The van der Waals surface area contributed by atoms with Crippen LogP contribution in [-0.4, -0.2) is 31.3 Å². The molecule has 0 aromatic heterocycles. The molecule has 0 saturated carbocycles. The van der Waals surface area contributed by atoms with E-state index in [4.69, 9.17) is 28.0 Å². The van der Waals surface area contributed by atoms with E-state index in [1.807, 2.05) is 0 Å². The van der Waals surface area contributed by atoms with Crippen molar-refractivity contribution in [3.05, 3.63) is 28.2 Å². The van der Waals surface area contributed by atoms with Crippen LogP contribution in [0, 0.1) is 0 Å². The molecule has 1 aromatic rings. The standard InChI is InChI=1S/C10H10Cl2N2O2/c1-13-10(15)14(2-3-16-13)9-5-7(11)4-8(12)6-9/h4-6H,2-3H2,1H3. The molecular formula is C10H10Cl2N2O2. The van der Waals surface area contributed by atoms with Crippen molar-refractivity contribution < 1.29 is 9.63 Å². The van der Waals surface area contributed by atoms with Crippen molar-refractivity contribution >= 4 is 34.9 Å². The van der Waals surface area contributed by atoms with Gasteiger partial charge in [-0.25, -0.2) is 9.86 Å². The number of nitrogens with zero attached hydrogens (tertiary/aromatic N) is 2. The van der Waals surface area contributed by atoms with E-state index in [1.165, 1.54) is 5.06 Å². The molecule has 1 saturated heterocycles. The molecule has 0 bridgehead atoms. The van der Waals surface area contributed by atoms with Crippen molar-refractivity contribution in [3.8, 4) is 0 Å². The van der Waals surface area contributed by atoms with Crippen molar-refractivity contribution in [2.75, 3.05) is 25.1 Å². The molecule has 1 aromatic carbocycles. The Hall–Kier alpha value is -0.970. The Bertz CT molecular complexity index is 405. The van der Waals surface area contributed by atoms with Gasteiger partial charge in [-0.3, -0.25) is 9.74 Å². The lowest BCUT2D eigenvalue weighted by Gasteiger charge is -2.32. The summed E-state index contributed by atoms with van der Waals surface area (Å²) >= 11 is 11.8. The van der Waals surface area contributed by atoms with Crippen molar-refractivity contribution in [2.24, 2.45) is 0 Å². The number of urea groups is 1. The molecule has 86 valence electrons. The molecule has 0 atom stereocenters. The third-order valence-electron chi connectivity index (χ3n) is 2.26. The van der Waals surface area contributed by atoms with Crippen LogP contribution in [-0.2, 0) is 4.84 Å². The summed E-state index contributed by atoms with van der Waals surface area (Å²) in [6.07, 6.45) is 0. The second-order valence-corrected chi connectivity index (χ2v) is 4.27. The van der Waals surface area contributed by atoms with Crippen LogP contribution in [0.5, 0.6) is 0 Å². The van der Waals surface area contributed by atoms with Crippen LogP contribution in [0.2, 0.25) is 10.0 Å². The number of hydroxylamine groups is 2. The summed E-state index contributed by atoms with van der Waals surface area (Å²) in [5.74, 6) is 0. The minimum absolute atomic E-state index is 0.232.